The van der Waals surface area contributed by atoms with E-state index < -0.39 is 0 Å². The van der Waals surface area contributed by atoms with Gasteiger partial charge in [0.05, 0.1) is 11.6 Å². The lowest BCUT2D eigenvalue weighted by Gasteiger charge is -2.32. The lowest BCUT2D eigenvalue weighted by atomic mass is 10.0. The van der Waals surface area contributed by atoms with Crippen LogP contribution < -0.4 is 0 Å². The van der Waals surface area contributed by atoms with Gasteiger partial charge in [-0.05, 0) is 38.4 Å². The Hall–Kier alpha value is -1.72. The van der Waals surface area contributed by atoms with Gasteiger partial charge >= 0.3 is 0 Å². The fourth-order valence-corrected chi connectivity index (χ4v) is 4.84. The second-order valence-corrected chi connectivity index (χ2v) is 7.58. The minimum atomic E-state index is 0.0907. The standard InChI is InChI=1S/C19H23N3OS/c1-21-10-6-5-9-16-18(21)11-17(14-7-3-2-4-8-14)22(16)19(23)15-12-24-13-20-15/h2-4,7-8,12-13,16-18H,5-6,9-11H2,1H3/t16-,17-,18+/m0/s1. The van der Waals surface area contributed by atoms with Gasteiger partial charge in [0.2, 0.25) is 0 Å². The fraction of sp³-hybridized carbons (Fsp3) is 0.474. The maximum Gasteiger partial charge on any atom is 0.274 e. The number of thiazole rings is 1. The maximum atomic E-state index is 13.2. The van der Waals surface area contributed by atoms with E-state index in [1.54, 1.807) is 5.51 Å². The quantitative estimate of drug-likeness (QED) is 0.838. The molecule has 3 atom stereocenters. The summed E-state index contributed by atoms with van der Waals surface area (Å²) in [5, 5.41) is 1.87. The summed E-state index contributed by atoms with van der Waals surface area (Å²) in [7, 11) is 2.21. The molecule has 4 rings (SSSR count). The van der Waals surface area contributed by atoms with E-state index in [9.17, 15) is 4.79 Å². The second kappa shape index (κ2) is 6.65. The van der Waals surface area contributed by atoms with Crippen LogP contribution >= 0.6 is 11.3 Å². The molecule has 0 saturated carbocycles. The van der Waals surface area contributed by atoms with Crippen LogP contribution in [0.15, 0.2) is 41.2 Å². The van der Waals surface area contributed by atoms with Gasteiger partial charge in [-0.1, -0.05) is 36.8 Å². The summed E-state index contributed by atoms with van der Waals surface area (Å²) in [6, 6.07) is 11.4. The molecule has 2 aliphatic heterocycles. The Bertz CT molecular complexity index is 688. The smallest absolute Gasteiger partial charge is 0.274 e. The molecule has 2 aliphatic rings. The molecule has 0 spiro atoms. The van der Waals surface area contributed by atoms with E-state index in [1.807, 2.05) is 11.4 Å². The highest BCUT2D eigenvalue weighted by Crippen LogP contribution is 2.42. The zero-order chi connectivity index (χ0) is 16.5. The van der Waals surface area contributed by atoms with Crippen molar-refractivity contribution >= 4 is 17.2 Å². The van der Waals surface area contributed by atoms with E-state index >= 15 is 0 Å². The van der Waals surface area contributed by atoms with Crippen LogP contribution in [0, 0.1) is 0 Å². The zero-order valence-corrected chi connectivity index (χ0v) is 14.8. The van der Waals surface area contributed by atoms with E-state index in [4.69, 9.17) is 0 Å². The van der Waals surface area contributed by atoms with Crippen molar-refractivity contribution in [1.82, 2.24) is 14.8 Å². The highest BCUT2D eigenvalue weighted by molar-refractivity contribution is 7.07. The number of carbonyl (C=O) groups excluding carboxylic acids is 1. The van der Waals surface area contributed by atoms with Crippen molar-refractivity contribution in [2.75, 3.05) is 13.6 Å². The van der Waals surface area contributed by atoms with E-state index in [0.717, 1.165) is 19.4 Å². The Morgan fingerprint density at radius 2 is 2.04 bits per heavy atom. The topological polar surface area (TPSA) is 36.4 Å². The van der Waals surface area contributed by atoms with Crippen molar-refractivity contribution in [3.05, 3.63) is 52.5 Å². The first-order chi connectivity index (χ1) is 11.8. The van der Waals surface area contributed by atoms with Gasteiger partial charge in [-0.25, -0.2) is 4.98 Å². The summed E-state index contributed by atoms with van der Waals surface area (Å²) in [4.78, 5) is 22.1. The fourth-order valence-electron chi connectivity index (χ4n) is 4.32. The highest BCUT2D eigenvalue weighted by Gasteiger charge is 2.46. The molecule has 0 aliphatic carbocycles. The van der Waals surface area contributed by atoms with E-state index in [2.05, 4.69) is 46.1 Å². The summed E-state index contributed by atoms with van der Waals surface area (Å²) >= 11 is 1.49. The molecule has 24 heavy (non-hydrogen) atoms. The van der Waals surface area contributed by atoms with Crippen molar-refractivity contribution < 1.29 is 4.79 Å². The number of likely N-dealkylation sites (N-methyl/N-ethyl adjacent to an activating group) is 1. The predicted molar refractivity (Wildman–Crippen MR) is 96.1 cm³/mol. The van der Waals surface area contributed by atoms with Gasteiger partial charge in [-0.3, -0.25) is 4.79 Å². The summed E-state index contributed by atoms with van der Waals surface area (Å²) in [6.45, 7) is 1.13. The van der Waals surface area contributed by atoms with Crippen molar-refractivity contribution in [2.24, 2.45) is 0 Å². The molecule has 2 aromatic rings. The summed E-state index contributed by atoms with van der Waals surface area (Å²) in [5.41, 5.74) is 3.58. The number of fused-ring (bicyclic) bond motifs is 1. The molecular weight excluding hydrogens is 318 g/mol. The first-order valence-electron chi connectivity index (χ1n) is 8.72. The van der Waals surface area contributed by atoms with Crippen LogP contribution in [0.4, 0.5) is 0 Å². The van der Waals surface area contributed by atoms with Gasteiger partial charge in [0, 0.05) is 17.5 Å². The lowest BCUT2D eigenvalue weighted by Crippen LogP contribution is -2.44. The maximum absolute atomic E-state index is 13.2. The van der Waals surface area contributed by atoms with Gasteiger partial charge in [0.1, 0.15) is 5.69 Å². The number of hydrogen-bond acceptors (Lipinski definition) is 4. The highest BCUT2D eigenvalue weighted by atomic mass is 32.1. The van der Waals surface area contributed by atoms with Crippen molar-refractivity contribution in [3.8, 4) is 0 Å². The van der Waals surface area contributed by atoms with Gasteiger partial charge in [-0.15, -0.1) is 11.3 Å². The largest absolute Gasteiger partial charge is 0.326 e. The van der Waals surface area contributed by atoms with Crippen molar-refractivity contribution in [2.45, 2.75) is 43.8 Å². The molecule has 5 heteroatoms. The van der Waals surface area contributed by atoms with Gasteiger partial charge in [-0.2, -0.15) is 0 Å². The van der Waals surface area contributed by atoms with Crippen LogP contribution in [-0.4, -0.2) is 46.4 Å². The van der Waals surface area contributed by atoms with Crippen LogP contribution in [0.1, 0.15) is 47.8 Å². The second-order valence-electron chi connectivity index (χ2n) is 6.86. The van der Waals surface area contributed by atoms with E-state index in [1.165, 1.54) is 29.7 Å². The van der Waals surface area contributed by atoms with Crippen LogP contribution in [-0.2, 0) is 0 Å². The van der Waals surface area contributed by atoms with Crippen LogP contribution in [0.3, 0.4) is 0 Å². The van der Waals surface area contributed by atoms with Gasteiger partial charge < -0.3 is 9.80 Å². The third kappa shape index (κ3) is 2.76. The summed E-state index contributed by atoms with van der Waals surface area (Å²) < 4.78 is 0. The Balaban J connectivity index is 1.73. The molecule has 1 amide bonds. The number of nitrogens with zero attached hydrogens (tertiary/aromatic N) is 3. The minimum Gasteiger partial charge on any atom is -0.326 e. The van der Waals surface area contributed by atoms with Crippen LogP contribution in [0.25, 0.3) is 0 Å². The Kier molecular flexibility index (Phi) is 4.37. The number of aromatic nitrogens is 1. The molecule has 126 valence electrons. The van der Waals surface area contributed by atoms with Crippen LogP contribution in [0.2, 0.25) is 0 Å². The minimum absolute atomic E-state index is 0.0907. The molecular formula is C19H23N3OS. The zero-order valence-electron chi connectivity index (χ0n) is 14.0. The van der Waals surface area contributed by atoms with E-state index in [0.29, 0.717) is 11.7 Å². The summed E-state index contributed by atoms with van der Waals surface area (Å²) in [5.74, 6) is 0.0907. The monoisotopic (exact) mass is 341 g/mol. The first-order valence-corrected chi connectivity index (χ1v) is 9.66. The molecule has 1 aromatic carbocycles. The van der Waals surface area contributed by atoms with Crippen molar-refractivity contribution in [3.63, 3.8) is 0 Å². The molecule has 0 N–H and O–H groups in total. The molecule has 2 fully saturated rings. The lowest BCUT2D eigenvalue weighted by molar-refractivity contribution is 0.0627. The van der Waals surface area contributed by atoms with Crippen LogP contribution in [0.5, 0.6) is 0 Å². The normalized spacial score (nSPS) is 27.7. The third-order valence-electron chi connectivity index (χ3n) is 5.50. The average molecular weight is 341 g/mol. The van der Waals surface area contributed by atoms with Gasteiger partial charge in [0.25, 0.3) is 5.91 Å². The van der Waals surface area contributed by atoms with Crippen molar-refractivity contribution in [1.29, 1.82) is 0 Å². The molecule has 0 unspecified atom stereocenters. The molecule has 1 aromatic heterocycles. The van der Waals surface area contributed by atoms with Gasteiger partial charge in [0.15, 0.2) is 0 Å². The predicted octanol–water partition coefficient (Wildman–Crippen LogP) is 3.58. The number of hydrogen-bond donors (Lipinski definition) is 0. The summed E-state index contributed by atoms with van der Waals surface area (Å²) in [6.07, 6.45) is 4.52. The number of benzene rings is 1. The number of amides is 1. The number of carbonyl (C=O) groups is 1. The Morgan fingerprint density at radius 1 is 1.21 bits per heavy atom. The Labute approximate surface area is 147 Å². The number of likely N-dealkylation sites (tertiary alicyclic amines) is 2. The number of rotatable bonds is 2. The molecule has 3 heterocycles. The average Bonchev–Trinajstić information content (AvgIpc) is 3.23. The molecule has 4 nitrogen and oxygen atoms in total. The molecule has 2 saturated heterocycles. The molecule has 0 bridgehead atoms. The first kappa shape index (κ1) is 15.8. The SMILES string of the molecule is CN1CCCC[C@H]2[C@H]1C[C@@H](c1ccccc1)N2C(=O)c1cscn1. The molecule has 0 radical (unpaired) electrons. The van der Waals surface area contributed by atoms with E-state index in [-0.39, 0.29) is 18.0 Å². The Morgan fingerprint density at radius 3 is 2.79 bits per heavy atom. The third-order valence-corrected chi connectivity index (χ3v) is 6.09.